The lowest BCUT2D eigenvalue weighted by Crippen LogP contribution is -2.35. The van der Waals surface area contributed by atoms with E-state index >= 15 is 0 Å². The molecule has 0 radical (unpaired) electrons. The van der Waals surface area contributed by atoms with E-state index in [1.54, 1.807) is 6.07 Å². The average Bonchev–Trinajstić information content (AvgIpc) is 2.69. The summed E-state index contributed by atoms with van der Waals surface area (Å²) in [7, 11) is 0. The molecule has 1 fully saturated rings. The molecule has 5 nitrogen and oxygen atoms in total. The molecule has 0 unspecified atom stereocenters. The number of ether oxygens (including phenoxy) is 2. The molecule has 1 heterocycles. The van der Waals surface area contributed by atoms with E-state index in [1.807, 2.05) is 43.3 Å². The minimum absolute atomic E-state index is 0.0986. The van der Waals surface area contributed by atoms with Crippen LogP contribution in [0.25, 0.3) is 0 Å². The van der Waals surface area contributed by atoms with Gasteiger partial charge in [0, 0.05) is 30.2 Å². The van der Waals surface area contributed by atoms with Gasteiger partial charge < -0.3 is 14.8 Å². The molecule has 1 amide bonds. The van der Waals surface area contributed by atoms with Crippen LogP contribution in [0.4, 0.5) is 0 Å². The minimum Gasteiger partial charge on any atom is -0.492 e. The number of rotatable bonds is 7. The van der Waals surface area contributed by atoms with Crippen LogP contribution in [0.5, 0.6) is 5.75 Å². The van der Waals surface area contributed by atoms with Crippen LogP contribution in [0.1, 0.15) is 21.5 Å². The Kier molecular flexibility index (Phi) is 7.10. The summed E-state index contributed by atoms with van der Waals surface area (Å²) in [5.74, 6) is 0.603. The topological polar surface area (TPSA) is 50.8 Å². The highest BCUT2D eigenvalue weighted by molar-refractivity contribution is 6.31. The fourth-order valence-corrected chi connectivity index (χ4v) is 3.05. The number of carbonyl (C=O) groups is 1. The lowest BCUT2D eigenvalue weighted by Gasteiger charge is -2.26. The van der Waals surface area contributed by atoms with Crippen molar-refractivity contribution in [2.45, 2.75) is 13.5 Å². The second kappa shape index (κ2) is 9.74. The molecule has 0 spiro atoms. The van der Waals surface area contributed by atoms with E-state index in [0.717, 1.165) is 38.4 Å². The maximum atomic E-state index is 12.2. The molecule has 2 aromatic rings. The van der Waals surface area contributed by atoms with Crippen molar-refractivity contribution in [1.82, 2.24) is 10.2 Å². The molecule has 1 N–H and O–H groups in total. The van der Waals surface area contributed by atoms with Gasteiger partial charge in [-0.1, -0.05) is 29.8 Å². The Morgan fingerprint density at radius 1 is 1.19 bits per heavy atom. The van der Waals surface area contributed by atoms with Gasteiger partial charge in [0.15, 0.2) is 0 Å². The molecule has 3 rings (SSSR count). The molecule has 0 atom stereocenters. The Labute approximate surface area is 165 Å². The van der Waals surface area contributed by atoms with Crippen LogP contribution in [-0.4, -0.2) is 50.3 Å². The van der Waals surface area contributed by atoms with Crippen molar-refractivity contribution in [3.63, 3.8) is 0 Å². The molecule has 27 heavy (non-hydrogen) atoms. The predicted octanol–water partition coefficient (Wildman–Crippen LogP) is 3.29. The Balaban J connectivity index is 1.41. The van der Waals surface area contributed by atoms with Gasteiger partial charge in [0.2, 0.25) is 0 Å². The van der Waals surface area contributed by atoms with Gasteiger partial charge in [-0.15, -0.1) is 0 Å². The van der Waals surface area contributed by atoms with Gasteiger partial charge in [-0.25, -0.2) is 0 Å². The largest absolute Gasteiger partial charge is 0.492 e. The molecule has 2 aromatic carbocycles. The molecule has 144 valence electrons. The number of morpholine rings is 1. The van der Waals surface area contributed by atoms with Gasteiger partial charge in [0.25, 0.3) is 5.91 Å². The van der Waals surface area contributed by atoms with Crippen LogP contribution in [-0.2, 0) is 11.3 Å². The van der Waals surface area contributed by atoms with E-state index < -0.39 is 0 Å². The molecule has 0 saturated carbocycles. The normalized spacial score (nSPS) is 14.7. The number of nitrogens with zero attached hydrogens (tertiary/aromatic N) is 1. The number of amides is 1. The first kappa shape index (κ1) is 19.7. The first-order valence-electron chi connectivity index (χ1n) is 9.18. The summed E-state index contributed by atoms with van der Waals surface area (Å²) in [6, 6.07) is 13.3. The SMILES string of the molecule is Cc1ccc(OCCNC(=O)c2ccc(CN3CCOCC3)cc2)cc1Cl. The Bertz CT molecular complexity index is 759. The number of carbonyl (C=O) groups excluding carboxylic acids is 1. The van der Waals surface area contributed by atoms with E-state index in [9.17, 15) is 4.79 Å². The highest BCUT2D eigenvalue weighted by Gasteiger charge is 2.11. The molecule has 1 aliphatic rings. The molecule has 6 heteroatoms. The minimum atomic E-state index is -0.0986. The van der Waals surface area contributed by atoms with Crippen molar-refractivity contribution < 1.29 is 14.3 Å². The standard InChI is InChI=1S/C21H25ClN2O3/c1-16-2-7-19(14-20(16)22)27-11-8-23-21(25)18-5-3-17(4-6-18)15-24-9-12-26-13-10-24/h2-7,14H,8-13,15H2,1H3,(H,23,25). The number of hydrogen-bond acceptors (Lipinski definition) is 4. The maximum absolute atomic E-state index is 12.2. The fourth-order valence-electron chi connectivity index (χ4n) is 2.88. The van der Waals surface area contributed by atoms with Crippen LogP contribution < -0.4 is 10.1 Å². The monoisotopic (exact) mass is 388 g/mol. The fraction of sp³-hybridized carbons (Fsp3) is 0.381. The van der Waals surface area contributed by atoms with Crippen LogP contribution in [0, 0.1) is 6.92 Å². The first-order chi connectivity index (χ1) is 13.1. The molecule has 1 saturated heterocycles. The summed E-state index contributed by atoms with van der Waals surface area (Å²) in [6.45, 7) is 7.13. The third kappa shape index (κ3) is 5.96. The van der Waals surface area contributed by atoms with Gasteiger partial charge in [0.05, 0.1) is 19.8 Å². The van der Waals surface area contributed by atoms with Crippen molar-refractivity contribution in [2.75, 3.05) is 39.5 Å². The quantitative estimate of drug-likeness (QED) is 0.739. The molecule has 0 aromatic heterocycles. The molecule has 0 aliphatic carbocycles. The van der Waals surface area contributed by atoms with E-state index in [4.69, 9.17) is 21.1 Å². The number of hydrogen-bond donors (Lipinski definition) is 1. The van der Waals surface area contributed by atoms with E-state index in [2.05, 4.69) is 10.2 Å². The van der Waals surface area contributed by atoms with E-state index in [0.29, 0.717) is 29.5 Å². The zero-order valence-corrected chi connectivity index (χ0v) is 16.3. The molecular weight excluding hydrogens is 364 g/mol. The van der Waals surface area contributed by atoms with Gasteiger partial charge in [-0.2, -0.15) is 0 Å². The Hall–Kier alpha value is -2.08. The van der Waals surface area contributed by atoms with E-state index in [-0.39, 0.29) is 5.91 Å². The van der Waals surface area contributed by atoms with Crippen molar-refractivity contribution >= 4 is 17.5 Å². The maximum Gasteiger partial charge on any atom is 0.251 e. The van der Waals surface area contributed by atoms with Gasteiger partial charge in [0.1, 0.15) is 12.4 Å². The third-order valence-electron chi connectivity index (χ3n) is 4.53. The highest BCUT2D eigenvalue weighted by Crippen LogP contribution is 2.21. The lowest BCUT2D eigenvalue weighted by molar-refractivity contribution is 0.0342. The Morgan fingerprint density at radius 3 is 2.63 bits per heavy atom. The average molecular weight is 389 g/mol. The smallest absolute Gasteiger partial charge is 0.251 e. The summed E-state index contributed by atoms with van der Waals surface area (Å²) >= 11 is 6.07. The zero-order chi connectivity index (χ0) is 19.1. The number of halogens is 1. The van der Waals surface area contributed by atoms with Crippen LogP contribution in [0.2, 0.25) is 5.02 Å². The number of aryl methyl sites for hydroxylation is 1. The van der Waals surface area contributed by atoms with Gasteiger partial charge >= 0.3 is 0 Å². The van der Waals surface area contributed by atoms with E-state index in [1.165, 1.54) is 5.56 Å². The summed E-state index contributed by atoms with van der Waals surface area (Å²) in [4.78, 5) is 14.6. The summed E-state index contributed by atoms with van der Waals surface area (Å²) in [5.41, 5.74) is 2.86. The Morgan fingerprint density at radius 2 is 1.93 bits per heavy atom. The van der Waals surface area contributed by atoms with Gasteiger partial charge in [-0.3, -0.25) is 9.69 Å². The van der Waals surface area contributed by atoms with Crippen molar-refractivity contribution in [1.29, 1.82) is 0 Å². The van der Waals surface area contributed by atoms with Crippen LogP contribution in [0.3, 0.4) is 0 Å². The predicted molar refractivity (Wildman–Crippen MR) is 107 cm³/mol. The first-order valence-corrected chi connectivity index (χ1v) is 9.56. The van der Waals surface area contributed by atoms with Crippen LogP contribution >= 0.6 is 11.6 Å². The second-order valence-electron chi connectivity index (χ2n) is 6.60. The highest BCUT2D eigenvalue weighted by atomic mass is 35.5. The van der Waals surface area contributed by atoms with Crippen molar-refractivity contribution in [3.05, 3.63) is 64.2 Å². The van der Waals surface area contributed by atoms with Crippen LogP contribution in [0.15, 0.2) is 42.5 Å². The summed E-state index contributed by atoms with van der Waals surface area (Å²) in [5, 5.41) is 3.55. The molecule has 1 aliphatic heterocycles. The lowest BCUT2D eigenvalue weighted by atomic mass is 10.1. The van der Waals surface area contributed by atoms with Crippen molar-refractivity contribution in [3.8, 4) is 5.75 Å². The zero-order valence-electron chi connectivity index (χ0n) is 15.5. The molecular formula is C21H25ClN2O3. The summed E-state index contributed by atoms with van der Waals surface area (Å²) < 4.78 is 11.0. The third-order valence-corrected chi connectivity index (χ3v) is 4.93. The molecule has 0 bridgehead atoms. The van der Waals surface area contributed by atoms with Crippen molar-refractivity contribution in [2.24, 2.45) is 0 Å². The summed E-state index contributed by atoms with van der Waals surface area (Å²) in [6.07, 6.45) is 0. The van der Waals surface area contributed by atoms with Gasteiger partial charge in [-0.05, 0) is 42.3 Å². The number of benzene rings is 2. The second-order valence-corrected chi connectivity index (χ2v) is 7.01. The number of nitrogens with one attached hydrogen (secondary N) is 1.